The lowest BCUT2D eigenvalue weighted by Gasteiger charge is -2.07. The van der Waals surface area contributed by atoms with Crippen molar-refractivity contribution >= 4 is 11.7 Å². The molecule has 1 amide bonds. The van der Waals surface area contributed by atoms with E-state index in [0.29, 0.717) is 13.1 Å². The van der Waals surface area contributed by atoms with Gasteiger partial charge in [-0.25, -0.2) is 9.97 Å². The van der Waals surface area contributed by atoms with E-state index in [9.17, 15) is 4.79 Å². The second kappa shape index (κ2) is 6.33. The van der Waals surface area contributed by atoms with Crippen LogP contribution in [-0.4, -0.2) is 29.0 Å². The fourth-order valence-electron chi connectivity index (χ4n) is 1.75. The van der Waals surface area contributed by atoms with Gasteiger partial charge < -0.3 is 10.6 Å². The minimum absolute atomic E-state index is 0.186. The summed E-state index contributed by atoms with van der Waals surface area (Å²) in [5, 5.41) is 6.10. The highest BCUT2D eigenvalue weighted by molar-refractivity contribution is 5.80. The summed E-state index contributed by atoms with van der Waals surface area (Å²) in [6.07, 6.45) is 5.72. The molecular weight excluding hydrogens is 228 g/mol. The zero-order valence-electron chi connectivity index (χ0n) is 10.8. The first kappa shape index (κ1) is 12.8. The summed E-state index contributed by atoms with van der Waals surface area (Å²) in [6, 6.07) is 1.96. The van der Waals surface area contributed by atoms with Crippen molar-refractivity contribution in [2.75, 3.05) is 18.4 Å². The summed E-state index contributed by atoms with van der Waals surface area (Å²) in [7, 11) is 0. The highest BCUT2D eigenvalue weighted by Crippen LogP contribution is 2.28. The minimum atomic E-state index is 0.186. The van der Waals surface area contributed by atoms with Crippen molar-refractivity contribution in [3.8, 4) is 0 Å². The van der Waals surface area contributed by atoms with E-state index in [1.165, 1.54) is 0 Å². The number of nitrogens with one attached hydrogen (secondary N) is 2. The van der Waals surface area contributed by atoms with Gasteiger partial charge in [-0.05, 0) is 19.3 Å². The lowest BCUT2D eigenvalue weighted by atomic mass is 10.2. The Morgan fingerprint density at radius 3 is 2.94 bits per heavy atom. The number of hydrogen-bond donors (Lipinski definition) is 2. The van der Waals surface area contributed by atoms with Gasteiger partial charge >= 0.3 is 0 Å². The zero-order chi connectivity index (χ0) is 12.8. The van der Waals surface area contributed by atoms with Crippen LogP contribution in [-0.2, 0) is 11.2 Å². The molecule has 1 fully saturated rings. The van der Waals surface area contributed by atoms with E-state index in [1.807, 2.05) is 6.07 Å². The van der Waals surface area contributed by atoms with Crippen LogP contribution in [0.15, 0.2) is 12.4 Å². The highest BCUT2D eigenvalue weighted by Gasteiger charge is 2.28. The molecule has 0 aliphatic heterocycles. The molecule has 18 heavy (non-hydrogen) atoms. The van der Waals surface area contributed by atoms with Gasteiger partial charge in [0.2, 0.25) is 5.91 Å². The molecule has 0 atom stereocenters. The fraction of sp³-hybridized carbons (Fsp3) is 0.615. The third-order valence-electron chi connectivity index (χ3n) is 2.91. The molecule has 1 saturated carbocycles. The number of nitrogens with zero attached hydrogens (tertiary/aromatic N) is 2. The summed E-state index contributed by atoms with van der Waals surface area (Å²) in [4.78, 5) is 19.7. The number of anilines is 1. The predicted octanol–water partition coefficient (Wildman–Crippen LogP) is 1.37. The third-order valence-corrected chi connectivity index (χ3v) is 2.91. The van der Waals surface area contributed by atoms with E-state index in [0.717, 1.165) is 37.2 Å². The van der Waals surface area contributed by atoms with E-state index < -0.39 is 0 Å². The van der Waals surface area contributed by atoms with Crippen molar-refractivity contribution < 1.29 is 4.79 Å². The second-order valence-corrected chi connectivity index (χ2v) is 4.64. The smallest absolute Gasteiger partial charge is 0.223 e. The van der Waals surface area contributed by atoms with Gasteiger partial charge in [0.25, 0.3) is 0 Å². The van der Waals surface area contributed by atoms with Gasteiger partial charge in [0, 0.05) is 30.8 Å². The molecule has 0 aromatic carbocycles. The first-order valence-corrected chi connectivity index (χ1v) is 6.62. The molecule has 0 radical (unpaired) electrons. The van der Waals surface area contributed by atoms with Crippen molar-refractivity contribution in [1.29, 1.82) is 0 Å². The summed E-state index contributed by atoms with van der Waals surface area (Å²) in [5.41, 5.74) is 1.05. The van der Waals surface area contributed by atoms with E-state index in [2.05, 4.69) is 27.5 Å². The van der Waals surface area contributed by atoms with Crippen LogP contribution < -0.4 is 10.6 Å². The molecule has 1 aromatic heterocycles. The molecule has 0 unspecified atom stereocenters. The maximum absolute atomic E-state index is 11.4. The molecule has 1 aromatic rings. The lowest BCUT2D eigenvalue weighted by molar-refractivity contribution is -0.122. The Bertz CT molecular complexity index is 404. The van der Waals surface area contributed by atoms with Gasteiger partial charge in [0.1, 0.15) is 12.1 Å². The average Bonchev–Trinajstić information content (AvgIpc) is 3.19. The van der Waals surface area contributed by atoms with Crippen LogP contribution in [0.1, 0.15) is 31.9 Å². The Balaban J connectivity index is 1.68. The van der Waals surface area contributed by atoms with E-state index in [-0.39, 0.29) is 11.8 Å². The second-order valence-electron chi connectivity index (χ2n) is 4.64. The Kier molecular flexibility index (Phi) is 4.50. The van der Waals surface area contributed by atoms with Crippen molar-refractivity contribution in [3.63, 3.8) is 0 Å². The number of carbonyl (C=O) groups excluding carboxylic acids is 1. The molecule has 1 aliphatic rings. The first-order valence-electron chi connectivity index (χ1n) is 6.62. The maximum Gasteiger partial charge on any atom is 0.223 e. The summed E-state index contributed by atoms with van der Waals surface area (Å²) < 4.78 is 0. The van der Waals surface area contributed by atoms with Gasteiger partial charge in [-0.2, -0.15) is 0 Å². The summed E-state index contributed by atoms with van der Waals surface area (Å²) >= 11 is 0. The molecule has 0 spiro atoms. The first-order chi connectivity index (χ1) is 8.79. The van der Waals surface area contributed by atoms with Crippen LogP contribution in [0.5, 0.6) is 0 Å². The fourth-order valence-corrected chi connectivity index (χ4v) is 1.75. The summed E-state index contributed by atoms with van der Waals surface area (Å²) in [6.45, 7) is 3.46. The molecule has 1 heterocycles. The van der Waals surface area contributed by atoms with Crippen LogP contribution in [0.2, 0.25) is 0 Å². The van der Waals surface area contributed by atoms with Crippen molar-refractivity contribution in [2.45, 2.75) is 32.6 Å². The van der Waals surface area contributed by atoms with Crippen LogP contribution in [0, 0.1) is 5.92 Å². The average molecular weight is 248 g/mol. The SMILES string of the molecule is CCCc1cc(NCCNC(=O)C2CC2)ncn1. The Labute approximate surface area is 107 Å². The number of aromatic nitrogens is 2. The number of aryl methyl sites for hydroxylation is 1. The van der Waals surface area contributed by atoms with E-state index >= 15 is 0 Å². The normalized spacial score (nSPS) is 14.3. The largest absolute Gasteiger partial charge is 0.368 e. The topological polar surface area (TPSA) is 66.9 Å². The summed E-state index contributed by atoms with van der Waals surface area (Å²) in [5.74, 6) is 1.29. The molecule has 0 saturated heterocycles. The minimum Gasteiger partial charge on any atom is -0.368 e. The van der Waals surface area contributed by atoms with Crippen molar-refractivity contribution in [3.05, 3.63) is 18.1 Å². The van der Waals surface area contributed by atoms with Crippen LogP contribution in [0.3, 0.4) is 0 Å². The number of carbonyl (C=O) groups is 1. The van der Waals surface area contributed by atoms with Gasteiger partial charge in [-0.1, -0.05) is 13.3 Å². The quantitative estimate of drug-likeness (QED) is 0.715. The molecule has 2 rings (SSSR count). The van der Waals surface area contributed by atoms with E-state index in [4.69, 9.17) is 0 Å². The molecule has 0 bridgehead atoms. The third kappa shape index (κ3) is 3.98. The zero-order valence-corrected chi connectivity index (χ0v) is 10.8. The Morgan fingerprint density at radius 1 is 1.39 bits per heavy atom. The molecule has 5 heteroatoms. The van der Waals surface area contributed by atoms with Gasteiger partial charge in [-0.15, -0.1) is 0 Å². The predicted molar refractivity (Wildman–Crippen MR) is 70.3 cm³/mol. The molecule has 98 valence electrons. The monoisotopic (exact) mass is 248 g/mol. The van der Waals surface area contributed by atoms with Crippen molar-refractivity contribution in [1.82, 2.24) is 15.3 Å². The van der Waals surface area contributed by atoms with Gasteiger partial charge in [0.05, 0.1) is 0 Å². The molecular formula is C13H20N4O. The van der Waals surface area contributed by atoms with Crippen LogP contribution in [0.4, 0.5) is 5.82 Å². The Morgan fingerprint density at radius 2 is 2.22 bits per heavy atom. The van der Waals surface area contributed by atoms with Gasteiger partial charge in [0.15, 0.2) is 0 Å². The highest BCUT2D eigenvalue weighted by atomic mass is 16.2. The van der Waals surface area contributed by atoms with Gasteiger partial charge in [-0.3, -0.25) is 4.79 Å². The maximum atomic E-state index is 11.4. The molecule has 1 aliphatic carbocycles. The number of rotatable bonds is 7. The van der Waals surface area contributed by atoms with Crippen LogP contribution in [0.25, 0.3) is 0 Å². The van der Waals surface area contributed by atoms with E-state index in [1.54, 1.807) is 6.33 Å². The standard InChI is InChI=1S/C13H20N4O/c1-2-3-11-8-12(17-9-16-11)14-6-7-15-13(18)10-4-5-10/h8-10H,2-7H2,1H3,(H,15,18)(H,14,16,17). The Hall–Kier alpha value is -1.65. The molecule has 5 nitrogen and oxygen atoms in total. The van der Waals surface area contributed by atoms with Crippen LogP contribution >= 0.6 is 0 Å². The van der Waals surface area contributed by atoms with Crippen molar-refractivity contribution in [2.24, 2.45) is 5.92 Å². The molecule has 2 N–H and O–H groups in total. The number of amides is 1. The number of hydrogen-bond acceptors (Lipinski definition) is 4. The lowest BCUT2D eigenvalue weighted by Crippen LogP contribution is -2.29.